The Hall–Kier alpha value is 0. The summed E-state index contributed by atoms with van der Waals surface area (Å²) in [6.45, 7) is 9.94. The van der Waals surface area contributed by atoms with E-state index in [0.29, 0.717) is 5.41 Å². The molecule has 0 aromatic rings. The van der Waals surface area contributed by atoms with Gasteiger partial charge in [0.25, 0.3) is 0 Å². The van der Waals surface area contributed by atoms with E-state index in [1.807, 2.05) is 0 Å². The predicted octanol–water partition coefficient (Wildman–Crippen LogP) is 4.89. The third-order valence-electron chi connectivity index (χ3n) is 5.78. The van der Waals surface area contributed by atoms with Gasteiger partial charge in [0.1, 0.15) is 0 Å². The molecule has 2 saturated carbocycles. The van der Waals surface area contributed by atoms with Gasteiger partial charge in [-0.25, -0.2) is 0 Å². The maximum atomic E-state index is 2.59. The summed E-state index contributed by atoms with van der Waals surface area (Å²) in [5, 5.41) is 0. The second-order valence-electron chi connectivity index (χ2n) is 6.82. The van der Waals surface area contributed by atoms with Gasteiger partial charge >= 0.3 is 0 Å². The quantitative estimate of drug-likeness (QED) is 0.576. The number of hydrogen-bond acceptors (Lipinski definition) is 0. The molecule has 0 aromatic heterocycles. The maximum absolute atomic E-state index is 2.59. The van der Waals surface area contributed by atoms with Crippen LogP contribution in [0.5, 0.6) is 0 Å². The van der Waals surface area contributed by atoms with E-state index in [9.17, 15) is 0 Å². The second kappa shape index (κ2) is 4.11. The summed E-state index contributed by atoms with van der Waals surface area (Å²) in [7, 11) is 0. The van der Waals surface area contributed by atoms with Gasteiger partial charge in [0.05, 0.1) is 0 Å². The van der Waals surface area contributed by atoms with Gasteiger partial charge in [-0.15, -0.1) is 0 Å². The van der Waals surface area contributed by atoms with Gasteiger partial charge in [-0.1, -0.05) is 40.5 Å². The molecule has 0 N–H and O–H groups in total. The Kier molecular flexibility index (Phi) is 3.14. The molecule has 4 atom stereocenters. The van der Waals surface area contributed by atoms with Crippen LogP contribution in [0.15, 0.2) is 0 Å². The monoisotopic (exact) mass is 208 g/mol. The van der Waals surface area contributed by atoms with E-state index in [1.54, 1.807) is 0 Å². The third kappa shape index (κ3) is 1.97. The first-order valence-electron chi connectivity index (χ1n) is 7.04. The lowest BCUT2D eigenvalue weighted by Gasteiger charge is -2.52. The number of fused-ring (bicyclic) bond motifs is 1. The fourth-order valence-corrected chi connectivity index (χ4v) is 4.23. The zero-order valence-electron chi connectivity index (χ0n) is 11.1. The molecule has 2 rings (SSSR count). The molecule has 0 bridgehead atoms. The molecule has 0 radical (unpaired) electrons. The van der Waals surface area contributed by atoms with Gasteiger partial charge in [0.15, 0.2) is 0 Å². The van der Waals surface area contributed by atoms with Gasteiger partial charge in [0.2, 0.25) is 0 Å². The Morgan fingerprint density at radius 1 is 1.07 bits per heavy atom. The fourth-order valence-electron chi connectivity index (χ4n) is 4.23. The Balaban J connectivity index is 2.12. The molecule has 15 heavy (non-hydrogen) atoms. The van der Waals surface area contributed by atoms with Crippen molar-refractivity contribution >= 4 is 0 Å². The molecule has 0 aliphatic heterocycles. The van der Waals surface area contributed by atoms with Crippen LogP contribution in [0.2, 0.25) is 0 Å². The molecule has 0 amide bonds. The first kappa shape index (κ1) is 11.5. The highest BCUT2D eigenvalue weighted by atomic mass is 14.5. The summed E-state index contributed by atoms with van der Waals surface area (Å²) < 4.78 is 0. The van der Waals surface area contributed by atoms with Crippen LogP contribution in [0.4, 0.5) is 0 Å². The van der Waals surface area contributed by atoms with Crippen molar-refractivity contribution in [3.8, 4) is 0 Å². The van der Waals surface area contributed by atoms with Gasteiger partial charge in [-0.05, 0) is 54.8 Å². The van der Waals surface area contributed by atoms with E-state index in [1.165, 1.54) is 38.5 Å². The predicted molar refractivity (Wildman–Crippen MR) is 66.8 cm³/mol. The van der Waals surface area contributed by atoms with Crippen molar-refractivity contribution in [1.29, 1.82) is 0 Å². The molecule has 0 saturated heterocycles. The van der Waals surface area contributed by atoms with Crippen LogP contribution in [0.1, 0.15) is 66.2 Å². The maximum Gasteiger partial charge on any atom is -0.0269 e. The summed E-state index contributed by atoms with van der Waals surface area (Å²) in [6.07, 6.45) is 9.03. The zero-order chi connectivity index (χ0) is 11.1. The summed E-state index contributed by atoms with van der Waals surface area (Å²) in [5.41, 5.74) is 0.686. The van der Waals surface area contributed by atoms with Crippen LogP contribution in [-0.2, 0) is 0 Å². The van der Waals surface area contributed by atoms with Gasteiger partial charge in [0, 0.05) is 0 Å². The van der Waals surface area contributed by atoms with E-state index >= 15 is 0 Å². The third-order valence-corrected chi connectivity index (χ3v) is 5.78. The highest BCUT2D eigenvalue weighted by Gasteiger charge is 2.45. The normalized spacial score (nSPS) is 46.6. The van der Waals surface area contributed by atoms with Crippen LogP contribution in [0.3, 0.4) is 0 Å². The SMILES string of the molecule is CC(C)[C@H]1CCC2CCC[C@@H](C)[C@]2(C)C1. The van der Waals surface area contributed by atoms with Gasteiger partial charge in [-0.3, -0.25) is 0 Å². The Bertz CT molecular complexity index is 218. The topological polar surface area (TPSA) is 0 Å². The molecule has 1 unspecified atom stereocenters. The first-order valence-corrected chi connectivity index (χ1v) is 7.04. The summed E-state index contributed by atoms with van der Waals surface area (Å²) in [4.78, 5) is 0. The first-order chi connectivity index (χ1) is 7.04. The molecule has 0 heterocycles. The molecule has 2 aliphatic carbocycles. The minimum absolute atomic E-state index is 0.686. The van der Waals surface area contributed by atoms with Crippen molar-refractivity contribution in [3.05, 3.63) is 0 Å². The van der Waals surface area contributed by atoms with Crippen LogP contribution < -0.4 is 0 Å². The summed E-state index contributed by atoms with van der Waals surface area (Å²) in [6, 6.07) is 0. The standard InChI is InChI=1S/C15H28/c1-11(2)13-8-9-14-7-5-6-12(3)15(14,4)10-13/h11-14H,5-10H2,1-4H3/t12-,13+,14?,15+/m1/s1. The van der Waals surface area contributed by atoms with Crippen molar-refractivity contribution in [2.75, 3.05) is 0 Å². The fraction of sp³-hybridized carbons (Fsp3) is 1.00. The average Bonchev–Trinajstić information content (AvgIpc) is 2.19. The highest BCUT2D eigenvalue weighted by Crippen LogP contribution is 2.55. The van der Waals surface area contributed by atoms with E-state index in [0.717, 1.165) is 23.7 Å². The summed E-state index contributed by atoms with van der Waals surface area (Å²) in [5.74, 6) is 3.93. The van der Waals surface area contributed by atoms with E-state index in [4.69, 9.17) is 0 Å². The van der Waals surface area contributed by atoms with Crippen molar-refractivity contribution in [1.82, 2.24) is 0 Å². The number of rotatable bonds is 1. The molecular formula is C15H28. The van der Waals surface area contributed by atoms with Crippen LogP contribution in [0.25, 0.3) is 0 Å². The van der Waals surface area contributed by atoms with Crippen LogP contribution in [0, 0.1) is 29.1 Å². The molecule has 0 nitrogen and oxygen atoms in total. The lowest BCUT2D eigenvalue weighted by molar-refractivity contribution is -0.0232. The van der Waals surface area contributed by atoms with Gasteiger partial charge < -0.3 is 0 Å². The average molecular weight is 208 g/mol. The van der Waals surface area contributed by atoms with E-state index < -0.39 is 0 Å². The zero-order valence-corrected chi connectivity index (χ0v) is 11.1. The Morgan fingerprint density at radius 3 is 2.47 bits per heavy atom. The minimum Gasteiger partial charge on any atom is -0.0625 e. The van der Waals surface area contributed by atoms with Gasteiger partial charge in [-0.2, -0.15) is 0 Å². The molecule has 0 spiro atoms. The lowest BCUT2D eigenvalue weighted by atomic mass is 9.53. The molecular weight excluding hydrogens is 180 g/mol. The van der Waals surface area contributed by atoms with Crippen LogP contribution in [-0.4, -0.2) is 0 Å². The number of hydrogen-bond donors (Lipinski definition) is 0. The van der Waals surface area contributed by atoms with Crippen molar-refractivity contribution in [2.45, 2.75) is 66.2 Å². The van der Waals surface area contributed by atoms with Crippen molar-refractivity contribution < 1.29 is 0 Å². The second-order valence-corrected chi connectivity index (χ2v) is 6.82. The highest BCUT2D eigenvalue weighted by molar-refractivity contribution is 4.95. The van der Waals surface area contributed by atoms with E-state index in [-0.39, 0.29) is 0 Å². The van der Waals surface area contributed by atoms with Crippen LogP contribution >= 0.6 is 0 Å². The van der Waals surface area contributed by atoms with E-state index in [2.05, 4.69) is 27.7 Å². The molecule has 2 aliphatic rings. The molecule has 0 aromatic carbocycles. The molecule has 88 valence electrons. The molecule has 0 heteroatoms. The molecule has 2 fully saturated rings. The largest absolute Gasteiger partial charge is 0.0625 e. The van der Waals surface area contributed by atoms with Crippen molar-refractivity contribution in [2.24, 2.45) is 29.1 Å². The Labute approximate surface area is 95.8 Å². The minimum atomic E-state index is 0.686. The lowest BCUT2D eigenvalue weighted by Crippen LogP contribution is -2.43. The smallest absolute Gasteiger partial charge is 0.0269 e. The summed E-state index contributed by atoms with van der Waals surface area (Å²) >= 11 is 0. The Morgan fingerprint density at radius 2 is 1.80 bits per heavy atom. The van der Waals surface area contributed by atoms with Crippen molar-refractivity contribution in [3.63, 3.8) is 0 Å².